The highest BCUT2D eigenvalue weighted by Crippen LogP contribution is 2.33. The summed E-state index contributed by atoms with van der Waals surface area (Å²) in [6.07, 6.45) is 13.3. The van der Waals surface area contributed by atoms with Crippen molar-refractivity contribution in [3.63, 3.8) is 0 Å². The fourth-order valence-corrected chi connectivity index (χ4v) is 10.1. The van der Waals surface area contributed by atoms with Crippen LogP contribution < -0.4 is 10.6 Å². The van der Waals surface area contributed by atoms with Gasteiger partial charge in [-0.15, -0.1) is 0 Å². The van der Waals surface area contributed by atoms with Crippen LogP contribution in [-0.2, 0) is 25.7 Å². The van der Waals surface area contributed by atoms with E-state index in [1.807, 2.05) is 12.2 Å². The first kappa shape index (κ1) is 35.7. The highest BCUT2D eigenvalue weighted by Gasteiger charge is 2.17. The van der Waals surface area contributed by atoms with E-state index in [0.717, 1.165) is 12.8 Å². The van der Waals surface area contributed by atoms with Gasteiger partial charge in [0.25, 0.3) is 0 Å². The molecule has 0 aliphatic carbocycles. The van der Waals surface area contributed by atoms with Crippen LogP contribution in [0.2, 0.25) is 0 Å². The second kappa shape index (κ2) is 16.7. The Labute approximate surface area is 293 Å². The van der Waals surface area contributed by atoms with Gasteiger partial charge in [-0.1, -0.05) is 126 Å². The lowest BCUT2D eigenvalue weighted by molar-refractivity contribution is 0.699. The fraction of sp³-hybridized carbons (Fsp3) is 0.304. The lowest BCUT2D eigenvalue weighted by atomic mass is 9.92. The van der Waals surface area contributed by atoms with Crippen molar-refractivity contribution in [2.45, 2.75) is 92.9 Å². The van der Waals surface area contributed by atoms with Crippen molar-refractivity contribution in [1.29, 1.82) is 0 Å². The average molecular weight is 667 g/mol. The van der Waals surface area contributed by atoms with Gasteiger partial charge in [-0.25, -0.2) is 0 Å². The molecule has 0 unspecified atom stereocenters. The third-order valence-electron chi connectivity index (χ3n) is 9.59. The minimum atomic E-state index is 1.13. The molecule has 0 saturated heterocycles. The minimum Gasteiger partial charge on any atom is -0.0985 e. The van der Waals surface area contributed by atoms with Crippen molar-refractivity contribution in [2.24, 2.45) is 0 Å². The van der Waals surface area contributed by atoms with Gasteiger partial charge in [0.2, 0.25) is 0 Å². The Kier molecular flexibility index (Phi) is 12.4. The predicted octanol–water partition coefficient (Wildman–Crippen LogP) is 12.4. The summed E-state index contributed by atoms with van der Waals surface area (Å²) in [5.41, 5.74) is 16.9. The van der Waals surface area contributed by atoms with Crippen LogP contribution in [0.15, 0.2) is 86.0 Å². The van der Waals surface area contributed by atoms with Gasteiger partial charge in [0.15, 0.2) is 0 Å². The maximum absolute atomic E-state index is 3.91. The normalized spacial score (nSPS) is 12.2. The van der Waals surface area contributed by atoms with E-state index in [-0.39, 0.29) is 0 Å². The van der Waals surface area contributed by atoms with Crippen LogP contribution in [0.3, 0.4) is 0 Å². The van der Waals surface area contributed by atoms with Crippen molar-refractivity contribution in [2.75, 3.05) is 0 Å². The molecular weight excluding hydrogens is 614 g/mol. The summed E-state index contributed by atoms with van der Waals surface area (Å²) in [7, 11) is 2.75. The highest BCUT2D eigenvalue weighted by atomic mass is 31.1. The Morgan fingerprint density at radius 3 is 1.08 bits per heavy atom. The number of aryl methyl sites for hydroxylation is 8. The number of hydrogen-bond donors (Lipinski definition) is 0. The van der Waals surface area contributed by atoms with E-state index in [2.05, 4.69) is 127 Å². The average Bonchev–Trinajstić information content (AvgIpc) is 3.06. The maximum Gasteiger partial charge on any atom is 0.0180 e. The van der Waals surface area contributed by atoms with Crippen LogP contribution in [0.25, 0.3) is 12.2 Å². The molecule has 0 aliphatic heterocycles. The van der Waals surface area contributed by atoms with Gasteiger partial charge in [-0.2, -0.15) is 0 Å². The topological polar surface area (TPSA) is 0 Å². The van der Waals surface area contributed by atoms with Gasteiger partial charge < -0.3 is 0 Å². The largest absolute Gasteiger partial charge is 0.0985 e. The van der Waals surface area contributed by atoms with Gasteiger partial charge in [-0.3, -0.25) is 0 Å². The zero-order chi connectivity index (χ0) is 34.2. The van der Waals surface area contributed by atoms with Gasteiger partial charge in [0.1, 0.15) is 0 Å². The summed E-state index contributed by atoms with van der Waals surface area (Å²) in [5, 5.41) is 2.98. The summed E-state index contributed by atoms with van der Waals surface area (Å²) in [5.74, 6) is 0. The van der Waals surface area contributed by atoms with E-state index in [9.17, 15) is 0 Å². The molecule has 5 aromatic rings. The van der Waals surface area contributed by atoms with E-state index in [4.69, 9.17) is 0 Å². The Balaban J connectivity index is 1.51. The molecule has 0 saturated carbocycles. The van der Waals surface area contributed by atoms with Crippen molar-refractivity contribution >= 4 is 39.2 Å². The molecule has 0 nitrogen and oxygen atoms in total. The molecule has 0 amide bonds. The Morgan fingerprint density at radius 2 is 0.771 bits per heavy atom. The lowest BCUT2D eigenvalue weighted by Gasteiger charge is -2.19. The third-order valence-corrected chi connectivity index (χ3v) is 13.1. The van der Waals surface area contributed by atoms with E-state index < -0.39 is 0 Å². The van der Waals surface area contributed by atoms with Crippen molar-refractivity contribution < 1.29 is 0 Å². The van der Waals surface area contributed by atoms with Gasteiger partial charge in [0, 0.05) is 20.5 Å². The summed E-state index contributed by atoms with van der Waals surface area (Å²) in [6.45, 7) is 21.5. The van der Waals surface area contributed by atoms with Crippen LogP contribution in [0.4, 0.5) is 0 Å². The molecule has 0 heterocycles. The van der Waals surface area contributed by atoms with Gasteiger partial charge >= 0.3 is 0 Å². The smallest absolute Gasteiger partial charge is 0.0180 e. The van der Waals surface area contributed by atoms with Crippen LogP contribution in [0, 0.1) is 51.4 Å². The molecule has 0 N–H and O–H groups in total. The van der Waals surface area contributed by atoms with E-state index in [1.165, 1.54) is 121 Å². The molecule has 0 spiro atoms. The maximum atomic E-state index is 3.91. The van der Waals surface area contributed by atoms with Gasteiger partial charge in [0.05, 0.1) is 0 Å². The zero-order valence-electron chi connectivity index (χ0n) is 30.0. The summed E-state index contributed by atoms with van der Waals surface area (Å²) in [4.78, 5) is 3.19. The molecule has 0 atom stereocenters. The molecule has 48 heavy (non-hydrogen) atoms. The molecule has 0 aromatic heterocycles. The summed E-state index contributed by atoms with van der Waals surface area (Å²) in [6, 6.07) is 27.3. The number of unbranched alkanes of at least 4 members (excludes halogenated alkanes) is 2. The third kappa shape index (κ3) is 8.91. The summed E-state index contributed by atoms with van der Waals surface area (Å²) < 4.78 is 0. The Morgan fingerprint density at radius 1 is 0.458 bits per heavy atom. The zero-order valence-corrected chi connectivity index (χ0v) is 31.8. The first-order valence-electron chi connectivity index (χ1n) is 17.7. The van der Waals surface area contributed by atoms with E-state index in [0.29, 0.717) is 0 Å². The standard InChI is InChI=1S/C46H52P2/c1-9-37-19-23-39(24-20-37)15-11-13-17-41-42(18-14-12-16-40-25-21-38(10-2)22-26-40)46(48-44-35(7)29-32(4)30-36(44)8)45(41)47-43-33(5)27-31(3)28-34(43)6/h9-10,19-30H,1-2,11-18H2,3-8H3. The Bertz CT molecular complexity index is 1800. The molecule has 5 aromatic carbocycles. The quantitative estimate of drug-likeness (QED) is 0.0817. The second-order valence-electron chi connectivity index (χ2n) is 13.7. The number of hydrogen-bond acceptors (Lipinski definition) is 0. The summed E-state index contributed by atoms with van der Waals surface area (Å²) >= 11 is 0. The molecule has 0 bridgehead atoms. The SMILES string of the molecule is C=Cc1ccc(CCCCc2c(CCCCc3ccc(C=C)cc3)c(=Pc3c(C)cc(C)cc3C)c2=Pc2c(C)cc(C)cc2C)cc1. The van der Waals surface area contributed by atoms with Crippen molar-refractivity contribution in [3.05, 3.63) is 163 Å². The molecule has 0 aliphatic rings. The molecule has 0 radical (unpaired) electrons. The van der Waals surface area contributed by atoms with E-state index in [1.54, 1.807) is 21.0 Å². The van der Waals surface area contributed by atoms with Crippen LogP contribution in [-0.4, -0.2) is 0 Å². The molecule has 0 fully saturated rings. The van der Waals surface area contributed by atoms with Gasteiger partial charge in [-0.05, 0) is 149 Å². The highest BCUT2D eigenvalue weighted by molar-refractivity contribution is 7.42. The monoisotopic (exact) mass is 666 g/mol. The number of rotatable bonds is 14. The minimum absolute atomic E-state index is 1.13. The van der Waals surface area contributed by atoms with Crippen molar-refractivity contribution in [3.8, 4) is 0 Å². The molecule has 5 rings (SSSR count). The predicted molar refractivity (Wildman–Crippen MR) is 216 cm³/mol. The fourth-order valence-electron chi connectivity index (χ4n) is 7.11. The molecular formula is C46H52P2. The van der Waals surface area contributed by atoms with E-state index >= 15 is 0 Å². The second-order valence-corrected chi connectivity index (χ2v) is 15.9. The van der Waals surface area contributed by atoms with Crippen molar-refractivity contribution in [1.82, 2.24) is 0 Å². The molecule has 2 heteroatoms. The number of benzene rings is 4. The molecule has 246 valence electrons. The first-order chi connectivity index (χ1) is 23.2. The van der Waals surface area contributed by atoms with Crippen LogP contribution in [0.1, 0.15) is 92.4 Å². The van der Waals surface area contributed by atoms with Crippen LogP contribution >= 0.6 is 16.4 Å². The van der Waals surface area contributed by atoms with Crippen LogP contribution in [0.5, 0.6) is 0 Å². The lowest BCUT2D eigenvalue weighted by Crippen LogP contribution is -2.10. The Hall–Kier alpha value is -3.56. The first-order valence-corrected chi connectivity index (χ1v) is 19.4.